The molecule has 11 rings (SSSR count). The summed E-state index contributed by atoms with van der Waals surface area (Å²) in [6.07, 6.45) is 0. The van der Waals surface area contributed by atoms with Gasteiger partial charge >= 0.3 is 0 Å². The van der Waals surface area contributed by atoms with E-state index in [0.29, 0.717) is 0 Å². The fourth-order valence-corrected chi connectivity index (χ4v) is 8.75. The Kier molecular flexibility index (Phi) is 8.19. The van der Waals surface area contributed by atoms with Crippen LogP contribution in [0.3, 0.4) is 0 Å². The minimum Gasteiger partial charge on any atom is -0.310 e. The molecule has 2 nitrogen and oxygen atoms in total. The van der Waals surface area contributed by atoms with E-state index in [1.807, 2.05) is 0 Å². The highest BCUT2D eigenvalue weighted by atomic mass is 15.1. The maximum Gasteiger partial charge on any atom is 0.0547 e. The minimum absolute atomic E-state index is 1.10. The van der Waals surface area contributed by atoms with Crippen molar-refractivity contribution in [2.24, 2.45) is 0 Å². The van der Waals surface area contributed by atoms with E-state index in [0.717, 1.165) is 22.7 Å². The molecule has 0 atom stereocenters. The number of rotatable bonds is 7. The summed E-state index contributed by atoms with van der Waals surface area (Å²) < 4.78 is 2.40. The van der Waals surface area contributed by atoms with Crippen molar-refractivity contribution in [3.05, 3.63) is 231 Å². The van der Waals surface area contributed by atoms with Crippen molar-refractivity contribution < 1.29 is 0 Å². The van der Waals surface area contributed by atoms with Crippen LogP contribution in [-0.4, -0.2) is 4.57 Å². The molecule has 0 saturated carbocycles. The van der Waals surface area contributed by atoms with Crippen molar-refractivity contribution >= 4 is 60.4 Å². The molecular weight excluding hydrogens is 701 g/mol. The zero-order valence-corrected chi connectivity index (χ0v) is 31.8. The molecule has 1 aromatic heterocycles. The molecule has 0 fully saturated rings. The lowest BCUT2D eigenvalue weighted by Crippen LogP contribution is -2.10. The summed E-state index contributed by atoms with van der Waals surface area (Å²) >= 11 is 0. The van der Waals surface area contributed by atoms with Gasteiger partial charge in [0, 0.05) is 33.2 Å². The Morgan fingerprint density at radius 2 is 0.776 bits per heavy atom. The SMILES string of the molecule is c1ccc(-c2ccc(N(c3ccc(-c4ccc(-n5c6ccccc6c6cc7ccccc7cc65)cc4)cc3)c3ccc(-c4ccccc4)c4ccccc34)cc2)cc1. The predicted molar refractivity (Wildman–Crippen MR) is 247 cm³/mol. The fraction of sp³-hybridized carbons (Fsp3) is 0. The van der Waals surface area contributed by atoms with Crippen molar-refractivity contribution in [1.82, 2.24) is 4.57 Å². The van der Waals surface area contributed by atoms with Crippen molar-refractivity contribution in [3.8, 4) is 39.1 Å². The van der Waals surface area contributed by atoms with E-state index < -0.39 is 0 Å². The molecule has 0 aliphatic rings. The van der Waals surface area contributed by atoms with E-state index in [4.69, 9.17) is 0 Å². The van der Waals surface area contributed by atoms with Crippen molar-refractivity contribution in [2.75, 3.05) is 4.90 Å². The zero-order valence-electron chi connectivity index (χ0n) is 31.8. The monoisotopic (exact) mass is 738 g/mol. The molecule has 10 aromatic carbocycles. The average molecular weight is 739 g/mol. The third-order valence-electron chi connectivity index (χ3n) is 11.6. The Labute approximate surface area is 338 Å². The molecule has 0 saturated heterocycles. The molecular formula is C56H38N2. The minimum atomic E-state index is 1.10. The number of para-hydroxylation sites is 1. The van der Waals surface area contributed by atoms with E-state index >= 15 is 0 Å². The molecule has 0 spiro atoms. The number of anilines is 3. The van der Waals surface area contributed by atoms with Crippen LogP contribution in [0.1, 0.15) is 0 Å². The van der Waals surface area contributed by atoms with Gasteiger partial charge in [-0.25, -0.2) is 0 Å². The van der Waals surface area contributed by atoms with Crippen LogP contribution in [0.25, 0.3) is 82.4 Å². The highest BCUT2D eigenvalue weighted by Crippen LogP contribution is 2.43. The number of nitrogens with zero attached hydrogens (tertiary/aromatic N) is 2. The van der Waals surface area contributed by atoms with E-state index in [1.54, 1.807) is 0 Å². The first kappa shape index (κ1) is 33.6. The molecule has 0 aliphatic heterocycles. The van der Waals surface area contributed by atoms with Crippen LogP contribution in [0, 0.1) is 0 Å². The quantitative estimate of drug-likeness (QED) is 0.158. The lowest BCUT2D eigenvalue weighted by Gasteiger charge is -2.28. The second kappa shape index (κ2) is 14.1. The van der Waals surface area contributed by atoms with Crippen LogP contribution in [0.2, 0.25) is 0 Å². The summed E-state index contributed by atoms with van der Waals surface area (Å²) in [6, 6.07) is 83.6. The van der Waals surface area contributed by atoms with Crippen LogP contribution < -0.4 is 4.90 Å². The first-order valence-electron chi connectivity index (χ1n) is 19.9. The lowest BCUT2D eigenvalue weighted by atomic mass is 9.96. The number of fused-ring (bicyclic) bond motifs is 5. The van der Waals surface area contributed by atoms with E-state index in [1.165, 1.54) is 76.7 Å². The molecule has 1 heterocycles. The Morgan fingerprint density at radius 3 is 1.41 bits per heavy atom. The first-order chi connectivity index (χ1) is 28.8. The maximum atomic E-state index is 2.40. The number of benzene rings is 10. The largest absolute Gasteiger partial charge is 0.310 e. The summed E-state index contributed by atoms with van der Waals surface area (Å²) in [7, 11) is 0. The van der Waals surface area contributed by atoms with Crippen LogP contribution in [0.4, 0.5) is 17.1 Å². The smallest absolute Gasteiger partial charge is 0.0547 e. The average Bonchev–Trinajstić information content (AvgIpc) is 3.62. The number of hydrogen-bond donors (Lipinski definition) is 0. The zero-order chi connectivity index (χ0) is 38.4. The first-order valence-corrected chi connectivity index (χ1v) is 19.9. The van der Waals surface area contributed by atoms with Gasteiger partial charge in [0.1, 0.15) is 0 Å². The van der Waals surface area contributed by atoms with Crippen LogP contribution in [-0.2, 0) is 0 Å². The van der Waals surface area contributed by atoms with Gasteiger partial charge in [0.15, 0.2) is 0 Å². The fourth-order valence-electron chi connectivity index (χ4n) is 8.75. The molecule has 2 heteroatoms. The van der Waals surface area contributed by atoms with Gasteiger partial charge in [-0.15, -0.1) is 0 Å². The highest BCUT2D eigenvalue weighted by Gasteiger charge is 2.18. The van der Waals surface area contributed by atoms with Gasteiger partial charge in [0.2, 0.25) is 0 Å². The lowest BCUT2D eigenvalue weighted by molar-refractivity contribution is 1.18. The summed E-state index contributed by atoms with van der Waals surface area (Å²) in [5, 5.41) is 7.48. The standard InChI is InChI=1S/C56H38N2/c1-3-13-39(14-4-1)40-23-29-46(30-24-40)57(55-36-35-49(43-15-5-2-6-16-43)50-19-9-10-20-51(50)55)47-31-25-41(26-32-47)42-27-33-48(34-28-42)58-54-22-12-11-21-52(54)53-37-44-17-7-8-18-45(44)38-56(53)58/h1-38H. The molecule has 0 N–H and O–H groups in total. The highest BCUT2D eigenvalue weighted by molar-refractivity contribution is 6.13. The van der Waals surface area contributed by atoms with Crippen LogP contribution in [0.15, 0.2) is 231 Å². The third-order valence-corrected chi connectivity index (χ3v) is 11.6. The van der Waals surface area contributed by atoms with E-state index in [2.05, 4.69) is 240 Å². The van der Waals surface area contributed by atoms with Gasteiger partial charge in [-0.2, -0.15) is 0 Å². The Bertz CT molecular complexity index is 3230. The van der Waals surface area contributed by atoms with Crippen molar-refractivity contribution in [3.63, 3.8) is 0 Å². The van der Waals surface area contributed by atoms with Crippen LogP contribution >= 0.6 is 0 Å². The second-order valence-corrected chi connectivity index (χ2v) is 15.0. The predicted octanol–water partition coefficient (Wildman–Crippen LogP) is 15.6. The molecule has 0 bridgehead atoms. The molecule has 0 radical (unpaired) electrons. The molecule has 272 valence electrons. The summed E-state index contributed by atoms with van der Waals surface area (Å²) in [4.78, 5) is 2.39. The van der Waals surface area contributed by atoms with Gasteiger partial charge in [-0.05, 0) is 110 Å². The normalized spacial score (nSPS) is 11.4. The van der Waals surface area contributed by atoms with Gasteiger partial charge in [-0.1, -0.05) is 170 Å². The summed E-state index contributed by atoms with van der Waals surface area (Å²) in [5.41, 5.74) is 14.1. The maximum absolute atomic E-state index is 2.40. The van der Waals surface area contributed by atoms with E-state index in [-0.39, 0.29) is 0 Å². The van der Waals surface area contributed by atoms with Gasteiger partial charge in [-0.3, -0.25) is 0 Å². The van der Waals surface area contributed by atoms with Gasteiger partial charge in [0.05, 0.1) is 16.7 Å². The second-order valence-electron chi connectivity index (χ2n) is 15.0. The Morgan fingerprint density at radius 1 is 0.293 bits per heavy atom. The van der Waals surface area contributed by atoms with Crippen molar-refractivity contribution in [2.45, 2.75) is 0 Å². The van der Waals surface area contributed by atoms with Gasteiger partial charge in [0.25, 0.3) is 0 Å². The third kappa shape index (κ3) is 5.82. The molecule has 0 unspecified atom stereocenters. The number of aromatic nitrogens is 1. The van der Waals surface area contributed by atoms with Gasteiger partial charge < -0.3 is 9.47 Å². The molecule has 58 heavy (non-hydrogen) atoms. The number of hydrogen-bond acceptors (Lipinski definition) is 1. The topological polar surface area (TPSA) is 8.17 Å². The summed E-state index contributed by atoms with van der Waals surface area (Å²) in [5.74, 6) is 0. The Balaban J connectivity index is 0.988. The summed E-state index contributed by atoms with van der Waals surface area (Å²) in [6.45, 7) is 0. The molecule has 0 aliphatic carbocycles. The van der Waals surface area contributed by atoms with E-state index in [9.17, 15) is 0 Å². The van der Waals surface area contributed by atoms with Crippen LogP contribution in [0.5, 0.6) is 0 Å². The molecule has 0 amide bonds. The Hall–Kier alpha value is -7.68. The van der Waals surface area contributed by atoms with Crippen molar-refractivity contribution in [1.29, 1.82) is 0 Å². The molecule has 11 aromatic rings.